The lowest BCUT2D eigenvalue weighted by Gasteiger charge is -2.01. The van der Waals surface area contributed by atoms with Crippen LogP contribution in [0.1, 0.15) is 5.69 Å². The number of pyridine rings is 1. The van der Waals surface area contributed by atoms with E-state index >= 15 is 0 Å². The highest BCUT2D eigenvalue weighted by molar-refractivity contribution is 5.81. The van der Waals surface area contributed by atoms with Crippen molar-refractivity contribution < 1.29 is 0 Å². The van der Waals surface area contributed by atoms with Crippen LogP contribution in [-0.4, -0.2) is 19.7 Å². The number of nitrogens with one attached hydrogen (secondary N) is 1. The third kappa shape index (κ3) is 1.23. The molecule has 0 spiro atoms. The molecule has 0 saturated heterocycles. The number of H-pyrrole nitrogens is 1. The fourth-order valence-corrected chi connectivity index (χ4v) is 1.93. The van der Waals surface area contributed by atoms with Crippen molar-refractivity contribution in [3.8, 4) is 11.1 Å². The predicted octanol–water partition coefficient (Wildman–Crippen LogP) is 2.27. The van der Waals surface area contributed by atoms with Crippen LogP contribution >= 0.6 is 0 Å². The monoisotopic (exact) mass is 212 g/mol. The number of aromatic nitrogens is 4. The van der Waals surface area contributed by atoms with Crippen LogP contribution in [0, 0.1) is 6.92 Å². The number of nitrogens with zero attached hydrogens (tertiary/aromatic N) is 3. The molecule has 0 aliphatic rings. The van der Waals surface area contributed by atoms with Gasteiger partial charge in [-0.15, -0.1) is 0 Å². The van der Waals surface area contributed by atoms with E-state index in [-0.39, 0.29) is 0 Å². The summed E-state index contributed by atoms with van der Waals surface area (Å²) in [5.41, 5.74) is 5.43. The van der Waals surface area contributed by atoms with Crippen molar-refractivity contribution in [1.82, 2.24) is 19.7 Å². The Bertz CT molecular complexity index is 648. The molecule has 4 nitrogen and oxygen atoms in total. The summed E-state index contributed by atoms with van der Waals surface area (Å²) in [6.07, 6.45) is 5.74. The zero-order valence-corrected chi connectivity index (χ0v) is 9.23. The zero-order chi connectivity index (χ0) is 11.1. The Morgan fingerprint density at radius 1 is 1.31 bits per heavy atom. The van der Waals surface area contributed by atoms with Crippen LogP contribution in [0.4, 0.5) is 0 Å². The molecule has 0 aromatic carbocycles. The number of aromatic amines is 1. The molecule has 0 bridgehead atoms. The Morgan fingerprint density at radius 3 is 2.94 bits per heavy atom. The maximum Gasteiger partial charge on any atom is 0.0881 e. The average Bonchev–Trinajstić information content (AvgIpc) is 2.86. The summed E-state index contributed by atoms with van der Waals surface area (Å²) in [5, 5.41) is 6.97. The largest absolute Gasteiger partial charge is 0.349 e. The number of fused-ring (bicyclic) bond motifs is 1. The molecule has 3 aromatic heterocycles. The Balaban J connectivity index is 2.25. The van der Waals surface area contributed by atoms with Crippen LogP contribution in [0.15, 0.2) is 30.7 Å². The molecule has 0 atom stereocenters. The first-order valence-electron chi connectivity index (χ1n) is 5.17. The van der Waals surface area contributed by atoms with Crippen LogP contribution in [0.5, 0.6) is 0 Å². The van der Waals surface area contributed by atoms with Crippen LogP contribution in [0.25, 0.3) is 22.2 Å². The predicted molar refractivity (Wildman–Crippen MR) is 63.0 cm³/mol. The van der Waals surface area contributed by atoms with Gasteiger partial charge in [-0.05, 0) is 19.1 Å². The molecule has 3 rings (SSSR count). The minimum Gasteiger partial charge on any atom is -0.349 e. The molecule has 16 heavy (non-hydrogen) atoms. The molecular weight excluding hydrogens is 200 g/mol. The number of aryl methyl sites for hydroxylation is 2. The lowest BCUT2D eigenvalue weighted by molar-refractivity contribution is 0.968. The molecule has 0 aliphatic carbocycles. The first-order valence-corrected chi connectivity index (χ1v) is 5.17. The summed E-state index contributed by atoms with van der Waals surface area (Å²) in [5.74, 6) is 0. The van der Waals surface area contributed by atoms with Crippen molar-refractivity contribution in [1.29, 1.82) is 0 Å². The molecule has 0 saturated carbocycles. The van der Waals surface area contributed by atoms with E-state index in [1.54, 1.807) is 0 Å². The molecule has 0 aliphatic heterocycles. The van der Waals surface area contributed by atoms with Gasteiger partial charge in [0.15, 0.2) is 0 Å². The minimum atomic E-state index is 1.02. The SMILES string of the molecule is Cc1[nH]ncc1-c1cnc2ccn(C)c2c1. The van der Waals surface area contributed by atoms with Gasteiger partial charge in [0.25, 0.3) is 0 Å². The van der Waals surface area contributed by atoms with Gasteiger partial charge in [0, 0.05) is 36.3 Å². The highest BCUT2D eigenvalue weighted by Crippen LogP contribution is 2.24. The van der Waals surface area contributed by atoms with Crippen molar-refractivity contribution >= 4 is 11.0 Å². The molecule has 0 fully saturated rings. The quantitative estimate of drug-likeness (QED) is 0.672. The van der Waals surface area contributed by atoms with E-state index in [9.17, 15) is 0 Å². The first-order chi connectivity index (χ1) is 7.75. The van der Waals surface area contributed by atoms with Gasteiger partial charge in [-0.1, -0.05) is 0 Å². The van der Waals surface area contributed by atoms with E-state index in [1.807, 2.05) is 38.6 Å². The molecule has 0 amide bonds. The molecule has 0 radical (unpaired) electrons. The van der Waals surface area contributed by atoms with Gasteiger partial charge in [-0.2, -0.15) is 5.10 Å². The Morgan fingerprint density at radius 2 is 2.19 bits per heavy atom. The Labute approximate surface area is 92.9 Å². The molecule has 80 valence electrons. The van der Waals surface area contributed by atoms with Crippen LogP contribution in [0.3, 0.4) is 0 Å². The zero-order valence-electron chi connectivity index (χ0n) is 9.23. The van der Waals surface area contributed by atoms with Gasteiger partial charge < -0.3 is 4.57 Å². The molecule has 3 aromatic rings. The maximum absolute atomic E-state index is 4.44. The molecule has 1 N–H and O–H groups in total. The van der Waals surface area contributed by atoms with E-state index in [4.69, 9.17) is 0 Å². The highest BCUT2D eigenvalue weighted by atomic mass is 15.1. The summed E-state index contributed by atoms with van der Waals surface area (Å²) in [7, 11) is 2.02. The Kier molecular flexibility index (Phi) is 1.83. The van der Waals surface area contributed by atoms with E-state index in [0.29, 0.717) is 0 Å². The summed E-state index contributed by atoms with van der Waals surface area (Å²) in [4.78, 5) is 4.44. The lowest BCUT2D eigenvalue weighted by atomic mass is 10.1. The number of hydrogen-bond donors (Lipinski definition) is 1. The van der Waals surface area contributed by atoms with Crippen molar-refractivity contribution in [2.45, 2.75) is 6.92 Å². The lowest BCUT2D eigenvalue weighted by Crippen LogP contribution is -1.87. The smallest absolute Gasteiger partial charge is 0.0881 e. The topological polar surface area (TPSA) is 46.5 Å². The van der Waals surface area contributed by atoms with Gasteiger partial charge in [0.05, 0.1) is 17.2 Å². The van der Waals surface area contributed by atoms with Crippen LogP contribution in [0.2, 0.25) is 0 Å². The van der Waals surface area contributed by atoms with Gasteiger partial charge in [-0.25, -0.2) is 0 Å². The second kappa shape index (κ2) is 3.20. The summed E-state index contributed by atoms with van der Waals surface area (Å²) in [6.45, 7) is 2.01. The molecule has 3 heterocycles. The second-order valence-corrected chi connectivity index (χ2v) is 3.96. The molecular formula is C12H12N4. The minimum absolute atomic E-state index is 1.02. The maximum atomic E-state index is 4.44. The van der Waals surface area contributed by atoms with Crippen LogP contribution < -0.4 is 0 Å². The average molecular weight is 212 g/mol. The van der Waals surface area contributed by atoms with Gasteiger partial charge >= 0.3 is 0 Å². The van der Waals surface area contributed by atoms with Crippen molar-refractivity contribution in [2.75, 3.05) is 0 Å². The number of hydrogen-bond acceptors (Lipinski definition) is 2. The number of rotatable bonds is 1. The standard InChI is InChI=1S/C12H12N4/c1-8-10(7-14-15-8)9-5-12-11(13-6-9)3-4-16(12)2/h3-7H,1-2H3,(H,14,15). The van der Waals surface area contributed by atoms with E-state index < -0.39 is 0 Å². The molecule has 4 heteroatoms. The fraction of sp³-hybridized carbons (Fsp3) is 0.167. The van der Waals surface area contributed by atoms with E-state index in [2.05, 4.69) is 25.8 Å². The van der Waals surface area contributed by atoms with Gasteiger partial charge in [-0.3, -0.25) is 10.1 Å². The van der Waals surface area contributed by atoms with E-state index in [0.717, 1.165) is 27.9 Å². The third-order valence-electron chi connectivity index (χ3n) is 2.87. The fourth-order valence-electron chi connectivity index (χ4n) is 1.93. The second-order valence-electron chi connectivity index (χ2n) is 3.96. The normalized spacial score (nSPS) is 11.1. The highest BCUT2D eigenvalue weighted by Gasteiger charge is 2.06. The summed E-state index contributed by atoms with van der Waals surface area (Å²) < 4.78 is 2.07. The summed E-state index contributed by atoms with van der Waals surface area (Å²) >= 11 is 0. The van der Waals surface area contributed by atoms with Crippen molar-refractivity contribution in [3.63, 3.8) is 0 Å². The summed E-state index contributed by atoms with van der Waals surface area (Å²) in [6, 6.07) is 4.15. The van der Waals surface area contributed by atoms with Crippen LogP contribution in [-0.2, 0) is 7.05 Å². The third-order valence-corrected chi connectivity index (χ3v) is 2.87. The van der Waals surface area contributed by atoms with Gasteiger partial charge in [0.1, 0.15) is 0 Å². The Hall–Kier alpha value is -2.10. The first kappa shape index (κ1) is 9.15. The molecule has 0 unspecified atom stereocenters. The van der Waals surface area contributed by atoms with Gasteiger partial charge in [0.2, 0.25) is 0 Å². The van der Waals surface area contributed by atoms with E-state index in [1.165, 1.54) is 0 Å². The van der Waals surface area contributed by atoms with Crippen molar-refractivity contribution in [2.24, 2.45) is 7.05 Å². The van der Waals surface area contributed by atoms with Crippen molar-refractivity contribution in [3.05, 3.63) is 36.4 Å².